The van der Waals surface area contributed by atoms with Crippen molar-refractivity contribution in [2.75, 3.05) is 28.2 Å². The molecular formula is C16H18N4O2S2. The predicted octanol–water partition coefficient (Wildman–Crippen LogP) is 2.49. The van der Waals surface area contributed by atoms with Crippen LogP contribution in [0.5, 0.6) is 0 Å². The molecule has 0 saturated heterocycles. The maximum absolute atomic E-state index is 12.1. The van der Waals surface area contributed by atoms with Gasteiger partial charge in [-0.3, -0.25) is 0 Å². The highest BCUT2D eigenvalue weighted by molar-refractivity contribution is 7.89. The lowest BCUT2D eigenvalue weighted by atomic mass is 10.2. The quantitative estimate of drug-likeness (QED) is 0.764. The first-order chi connectivity index (χ1) is 11.3. The Bertz CT molecular complexity index is 889. The molecule has 0 radical (unpaired) electrons. The molecule has 0 amide bonds. The van der Waals surface area contributed by atoms with Crippen molar-refractivity contribution >= 4 is 26.9 Å². The molecule has 0 fully saturated rings. The van der Waals surface area contributed by atoms with E-state index < -0.39 is 10.0 Å². The molecule has 0 aliphatic carbocycles. The molecular weight excluding hydrogens is 344 g/mol. The zero-order chi connectivity index (χ0) is 17.9. The fraction of sp³-hybridized carbons (Fsp3) is 0.250. The van der Waals surface area contributed by atoms with Gasteiger partial charge in [-0.05, 0) is 12.1 Å². The second kappa shape index (κ2) is 7.13. The summed E-state index contributed by atoms with van der Waals surface area (Å²) in [6.07, 6.45) is 1.72. The molecule has 1 aromatic heterocycles. The first-order valence-electron chi connectivity index (χ1n) is 7.03. The molecule has 0 aliphatic rings. The zero-order valence-corrected chi connectivity index (χ0v) is 15.5. The van der Waals surface area contributed by atoms with Crippen LogP contribution in [0.25, 0.3) is 16.8 Å². The minimum absolute atomic E-state index is 0.233. The molecule has 0 bridgehead atoms. The molecule has 0 unspecified atom stereocenters. The number of benzene rings is 1. The van der Waals surface area contributed by atoms with E-state index in [0.717, 1.165) is 5.56 Å². The Morgan fingerprint density at radius 2 is 1.83 bits per heavy atom. The van der Waals surface area contributed by atoms with Crippen LogP contribution >= 0.6 is 11.3 Å². The fourth-order valence-electron chi connectivity index (χ4n) is 1.93. The number of thiazole rings is 1. The molecule has 1 aromatic carbocycles. The third-order valence-corrected chi connectivity index (χ3v) is 5.88. The molecule has 2 aromatic rings. The minimum Gasteiger partial charge on any atom is -0.382 e. The van der Waals surface area contributed by atoms with Gasteiger partial charge in [0.25, 0.3) is 0 Å². The molecule has 126 valence electrons. The van der Waals surface area contributed by atoms with Crippen molar-refractivity contribution in [2.24, 2.45) is 0 Å². The molecule has 24 heavy (non-hydrogen) atoms. The molecule has 6 nitrogen and oxygen atoms in total. The van der Waals surface area contributed by atoms with E-state index in [0.29, 0.717) is 16.3 Å². The highest BCUT2D eigenvalue weighted by Crippen LogP contribution is 2.27. The van der Waals surface area contributed by atoms with Gasteiger partial charge in [0.05, 0.1) is 10.6 Å². The Hall–Kier alpha value is -2.21. The van der Waals surface area contributed by atoms with E-state index in [1.807, 2.05) is 19.5 Å². The van der Waals surface area contributed by atoms with Gasteiger partial charge in [-0.2, -0.15) is 5.26 Å². The van der Waals surface area contributed by atoms with Crippen LogP contribution in [-0.2, 0) is 10.0 Å². The van der Waals surface area contributed by atoms with Gasteiger partial charge in [0.2, 0.25) is 10.0 Å². The average Bonchev–Trinajstić information content (AvgIpc) is 3.02. The van der Waals surface area contributed by atoms with Crippen LogP contribution in [0.4, 0.5) is 0 Å². The van der Waals surface area contributed by atoms with Crippen LogP contribution in [-0.4, -0.2) is 50.8 Å². The van der Waals surface area contributed by atoms with Gasteiger partial charge in [0.1, 0.15) is 16.6 Å². The topological polar surface area (TPSA) is 77.3 Å². The standard InChI is InChI=1S/C16H18N4O2S2/c1-19(2)10-13(9-17)16-18-15(11-23-16)12-5-7-14(8-6-12)24(21,22)20(3)4/h5-8,10-11H,1-4H3/b13-10+. The van der Waals surface area contributed by atoms with E-state index >= 15 is 0 Å². The summed E-state index contributed by atoms with van der Waals surface area (Å²) < 4.78 is 25.3. The van der Waals surface area contributed by atoms with Gasteiger partial charge < -0.3 is 4.90 Å². The molecule has 0 spiro atoms. The van der Waals surface area contributed by atoms with Crippen molar-refractivity contribution in [2.45, 2.75) is 4.90 Å². The maximum Gasteiger partial charge on any atom is 0.242 e. The number of hydrogen-bond acceptors (Lipinski definition) is 6. The summed E-state index contributed by atoms with van der Waals surface area (Å²) in [5, 5.41) is 11.7. The monoisotopic (exact) mass is 362 g/mol. The highest BCUT2D eigenvalue weighted by atomic mass is 32.2. The van der Waals surface area contributed by atoms with Crippen LogP contribution in [0.1, 0.15) is 5.01 Å². The summed E-state index contributed by atoms with van der Waals surface area (Å²) in [7, 11) is 3.24. The van der Waals surface area contributed by atoms with Crippen LogP contribution in [0.15, 0.2) is 40.7 Å². The van der Waals surface area contributed by atoms with E-state index in [4.69, 9.17) is 0 Å². The normalized spacial score (nSPS) is 12.2. The third-order valence-electron chi connectivity index (χ3n) is 3.17. The molecule has 0 N–H and O–H groups in total. The van der Waals surface area contributed by atoms with Gasteiger partial charge >= 0.3 is 0 Å². The summed E-state index contributed by atoms with van der Waals surface area (Å²) in [5.41, 5.74) is 2.00. The van der Waals surface area contributed by atoms with Crippen molar-refractivity contribution in [1.29, 1.82) is 5.26 Å². The van der Waals surface area contributed by atoms with Crippen LogP contribution < -0.4 is 0 Å². The van der Waals surface area contributed by atoms with Crippen molar-refractivity contribution in [3.05, 3.63) is 40.9 Å². The first-order valence-corrected chi connectivity index (χ1v) is 9.35. The number of rotatable bonds is 5. The Balaban J connectivity index is 2.34. The van der Waals surface area contributed by atoms with Gasteiger partial charge in [-0.1, -0.05) is 12.1 Å². The van der Waals surface area contributed by atoms with E-state index in [9.17, 15) is 13.7 Å². The fourth-order valence-corrected chi connectivity index (χ4v) is 3.62. The third kappa shape index (κ3) is 3.82. The molecule has 0 aliphatic heterocycles. The van der Waals surface area contributed by atoms with Crippen molar-refractivity contribution in [3.8, 4) is 17.3 Å². The molecule has 0 atom stereocenters. The predicted molar refractivity (Wildman–Crippen MR) is 95.7 cm³/mol. The summed E-state index contributed by atoms with van der Waals surface area (Å²) >= 11 is 1.38. The Morgan fingerprint density at radius 1 is 1.21 bits per heavy atom. The van der Waals surface area contributed by atoms with Crippen molar-refractivity contribution in [1.82, 2.24) is 14.2 Å². The largest absolute Gasteiger partial charge is 0.382 e. The van der Waals surface area contributed by atoms with E-state index in [2.05, 4.69) is 11.1 Å². The summed E-state index contributed by atoms with van der Waals surface area (Å²) in [6.45, 7) is 0. The second-order valence-corrected chi connectivity index (χ2v) is 8.48. The van der Waals surface area contributed by atoms with Crippen LogP contribution in [0.2, 0.25) is 0 Å². The lowest BCUT2D eigenvalue weighted by Gasteiger charge is -2.11. The summed E-state index contributed by atoms with van der Waals surface area (Å²) in [5.74, 6) is 0. The Morgan fingerprint density at radius 3 is 2.33 bits per heavy atom. The van der Waals surface area contributed by atoms with Gasteiger partial charge in [-0.25, -0.2) is 17.7 Å². The Labute approximate surface area is 146 Å². The van der Waals surface area contributed by atoms with Crippen LogP contribution in [0.3, 0.4) is 0 Å². The van der Waals surface area contributed by atoms with Gasteiger partial charge in [0.15, 0.2) is 0 Å². The number of sulfonamides is 1. The maximum atomic E-state index is 12.1. The van der Waals surface area contributed by atoms with Gasteiger partial charge in [0, 0.05) is 45.3 Å². The second-order valence-electron chi connectivity index (χ2n) is 5.47. The molecule has 8 heteroatoms. The number of allylic oxidation sites excluding steroid dienone is 1. The lowest BCUT2D eigenvalue weighted by Crippen LogP contribution is -2.22. The smallest absolute Gasteiger partial charge is 0.242 e. The number of hydrogen-bond donors (Lipinski definition) is 0. The highest BCUT2D eigenvalue weighted by Gasteiger charge is 2.17. The molecule has 0 saturated carbocycles. The van der Waals surface area contributed by atoms with Gasteiger partial charge in [-0.15, -0.1) is 11.3 Å². The van der Waals surface area contributed by atoms with Crippen LogP contribution in [0, 0.1) is 11.3 Å². The first kappa shape index (κ1) is 18.1. The van der Waals surface area contributed by atoms with E-state index in [1.54, 1.807) is 35.4 Å². The minimum atomic E-state index is -3.44. The van der Waals surface area contributed by atoms with Crippen molar-refractivity contribution in [3.63, 3.8) is 0 Å². The number of aromatic nitrogens is 1. The Kier molecular flexibility index (Phi) is 5.39. The number of nitriles is 1. The van der Waals surface area contributed by atoms with Crippen molar-refractivity contribution < 1.29 is 8.42 Å². The van der Waals surface area contributed by atoms with E-state index in [-0.39, 0.29) is 4.90 Å². The SMILES string of the molecule is CN(C)/C=C(\C#N)c1nc(-c2ccc(S(=O)(=O)N(C)C)cc2)cs1. The molecule has 1 heterocycles. The average molecular weight is 362 g/mol. The lowest BCUT2D eigenvalue weighted by molar-refractivity contribution is 0.521. The zero-order valence-electron chi connectivity index (χ0n) is 13.9. The number of nitrogens with zero attached hydrogens (tertiary/aromatic N) is 4. The summed E-state index contributed by atoms with van der Waals surface area (Å²) in [4.78, 5) is 6.50. The summed E-state index contributed by atoms with van der Waals surface area (Å²) in [6, 6.07) is 8.70. The molecule has 2 rings (SSSR count). The van der Waals surface area contributed by atoms with E-state index in [1.165, 1.54) is 29.7 Å².